The number of carboxylic acids is 1. The van der Waals surface area contributed by atoms with Gasteiger partial charge in [0.05, 0.1) is 0 Å². The van der Waals surface area contributed by atoms with E-state index in [2.05, 4.69) is 36.5 Å². The summed E-state index contributed by atoms with van der Waals surface area (Å²) in [5.74, 6) is -0.350. The molecule has 0 spiro atoms. The van der Waals surface area contributed by atoms with Gasteiger partial charge in [-0.3, -0.25) is 4.79 Å². The van der Waals surface area contributed by atoms with Gasteiger partial charge >= 0.3 is 5.97 Å². The molecule has 2 rings (SSSR count). The van der Waals surface area contributed by atoms with Crippen LogP contribution in [0.5, 0.6) is 0 Å². The number of carbonyl (C=O) groups is 1. The van der Waals surface area contributed by atoms with Crippen molar-refractivity contribution in [2.24, 2.45) is 5.92 Å². The van der Waals surface area contributed by atoms with Crippen LogP contribution < -0.4 is 5.32 Å². The van der Waals surface area contributed by atoms with Gasteiger partial charge < -0.3 is 10.4 Å². The third kappa shape index (κ3) is 6.25. The number of benzene rings is 2. The average Bonchev–Trinajstić information content (AvgIpc) is 2.58. The van der Waals surface area contributed by atoms with Gasteiger partial charge in [0.1, 0.15) is 6.04 Å². The average molecular weight is 311 g/mol. The first kappa shape index (κ1) is 17.2. The van der Waals surface area contributed by atoms with Crippen LogP contribution in [0.25, 0.3) is 0 Å². The summed E-state index contributed by atoms with van der Waals surface area (Å²) in [5.41, 5.74) is 2.38. The molecule has 0 aliphatic carbocycles. The van der Waals surface area contributed by atoms with Gasteiger partial charge in [-0.1, -0.05) is 67.6 Å². The first-order valence-electron chi connectivity index (χ1n) is 8.19. The summed E-state index contributed by atoms with van der Waals surface area (Å²) in [5, 5.41) is 12.6. The van der Waals surface area contributed by atoms with Crippen LogP contribution in [0.2, 0.25) is 0 Å². The zero-order valence-electron chi connectivity index (χ0n) is 13.6. The summed E-state index contributed by atoms with van der Waals surface area (Å²) >= 11 is 0. The molecule has 2 N–H and O–H groups in total. The number of hydrogen-bond donors (Lipinski definition) is 2. The van der Waals surface area contributed by atoms with Crippen LogP contribution in [0.1, 0.15) is 24.5 Å². The highest BCUT2D eigenvalue weighted by Crippen LogP contribution is 2.10. The highest BCUT2D eigenvalue weighted by molar-refractivity contribution is 5.73. The second kappa shape index (κ2) is 9.11. The Hall–Kier alpha value is -2.13. The Bertz CT molecular complexity index is 583. The van der Waals surface area contributed by atoms with Crippen LogP contribution in [0.15, 0.2) is 60.7 Å². The van der Waals surface area contributed by atoms with Crippen LogP contribution in [0.3, 0.4) is 0 Å². The Balaban J connectivity index is 1.78. The molecule has 2 aromatic rings. The van der Waals surface area contributed by atoms with E-state index in [0.717, 1.165) is 24.9 Å². The number of nitrogens with one attached hydrogen (secondary N) is 1. The monoisotopic (exact) mass is 311 g/mol. The Morgan fingerprint density at radius 2 is 1.57 bits per heavy atom. The molecule has 122 valence electrons. The lowest BCUT2D eigenvalue weighted by Crippen LogP contribution is -2.40. The third-order valence-corrected chi connectivity index (χ3v) is 4.06. The normalized spacial score (nSPS) is 13.4. The maximum absolute atomic E-state index is 11.4. The lowest BCUT2D eigenvalue weighted by atomic mass is 10.00. The summed E-state index contributed by atoms with van der Waals surface area (Å²) in [6, 6.07) is 19.6. The van der Waals surface area contributed by atoms with Gasteiger partial charge in [-0.05, 0) is 42.9 Å². The summed E-state index contributed by atoms with van der Waals surface area (Å²) in [6.45, 7) is 2.88. The second-order valence-electron chi connectivity index (χ2n) is 6.12. The van der Waals surface area contributed by atoms with E-state index in [0.29, 0.717) is 12.3 Å². The highest BCUT2D eigenvalue weighted by atomic mass is 16.4. The highest BCUT2D eigenvalue weighted by Gasteiger charge is 2.18. The van der Waals surface area contributed by atoms with E-state index in [4.69, 9.17) is 0 Å². The molecule has 0 aromatic heterocycles. The fraction of sp³-hybridized carbons (Fsp3) is 0.350. The van der Waals surface area contributed by atoms with E-state index in [9.17, 15) is 9.90 Å². The maximum atomic E-state index is 11.4. The second-order valence-corrected chi connectivity index (χ2v) is 6.12. The van der Waals surface area contributed by atoms with E-state index in [-0.39, 0.29) is 0 Å². The van der Waals surface area contributed by atoms with E-state index in [1.54, 1.807) is 0 Å². The van der Waals surface area contributed by atoms with Crippen LogP contribution in [-0.4, -0.2) is 23.7 Å². The van der Waals surface area contributed by atoms with E-state index in [1.807, 2.05) is 36.4 Å². The number of carboxylic acid groups (broad SMARTS) is 1. The van der Waals surface area contributed by atoms with E-state index >= 15 is 0 Å². The minimum Gasteiger partial charge on any atom is -0.480 e. The minimum absolute atomic E-state index is 0.438. The van der Waals surface area contributed by atoms with Crippen molar-refractivity contribution in [3.8, 4) is 0 Å². The quantitative estimate of drug-likeness (QED) is 0.744. The first-order valence-corrected chi connectivity index (χ1v) is 8.19. The van der Waals surface area contributed by atoms with Crippen LogP contribution in [-0.2, 0) is 17.6 Å². The van der Waals surface area contributed by atoms with Crippen LogP contribution in [0, 0.1) is 5.92 Å². The van der Waals surface area contributed by atoms with Crippen molar-refractivity contribution in [1.29, 1.82) is 0 Å². The Labute approximate surface area is 138 Å². The van der Waals surface area contributed by atoms with Gasteiger partial charge in [0.25, 0.3) is 0 Å². The molecule has 0 radical (unpaired) electrons. The van der Waals surface area contributed by atoms with Crippen molar-refractivity contribution >= 4 is 5.97 Å². The largest absolute Gasteiger partial charge is 0.480 e. The van der Waals surface area contributed by atoms with Gasteiger partial charge in [0, 0.05) is 0 Å². The molecule has 0 saturated heterocycles. The van der Waals surface area contributed by atoms with Crippen LogP contribution in [0.4, 0.5) is 0 Å². The van der Waals surface area contributed by atoms with Gasteiger partial charge in [0.15, 0.2) is 0 Å². The standard InChI is InChI=1S/C20H25NO2/c1-16(12-13-17-8-4-2-5-9-17)15-21-19(20(22)23)14-18-10-6-3-7-11-18/h2-11,16,19,21H,12-15H2,1H3,(H,22,23)/t16?,19-/m1/s1. The van der Waals surface area contributed by atoms with Crippen molar-refractivity contribution in [3.05, 3.63) is 71.8 Å². The predicted molar refractivity (Wildman–Crippen MR) is 93.5 cm³/mol. The number of aliphatic carboxylic acids is 1. The SMILES string of the molecule is CC(CCc1ccccc1)CN[C@H](Cc1ccccc1)C(=O)O. The molecule has 2 atom stereocenters. The molecule has 0 amide bonds. The topological polar surface area (TPSA) is 49.3 Å². The number of rotatable bonds is 9. The molecule has 0 aliphatic heterocycles. The molecular formula is C20H25NO2. The summed E-state index contributed by atoms with van der Waals surface area (Å²) in [7, 11) is 0. The fourth-order valence-corrected chi connectivity index (χ4v) is 2.60. The number of hydrogen-bond acceptors (Lipinski definition) is 2. The zero-order valence-corrected chi connectivity index (χ0v) is 13.6. The first-order chi connectivity index (χ1) is 11.1. The Morgan fingerprint density at radius 1 is 1.00 bits per heavy atom. The zero-order chi connectivity index (χ0) is 16.5. The lowest BCUT2D eigenvalue weighted by Gasteiger charge is -2.18. The Kier molecular flexibility index (Phi) is 6.82. The number of aryl methyl sites for hydroxylation is 1. The molecule has 3 nitrogen and oxygen atoms in total. The Morgan fingerprint density at radius 3 is 2.13 bits per heavy atom. The summed E-state index contributed by atoms with van der Waals surface area (Å²) in [4.78, 5) is 11.4. The van der Waals surface area contributed by atoms with Gasteiger partial charge in [0.2, 0.25) is 0 Å². The van der Waals surface area contributed by atoms with Crippen molar-refractivity contribution in [2.45, 2.75) is 32.2 Å². The molecule has 23 heavy (non-hydrogen) atoms. The minimum atomic E-state index is -0.788. The maximum Gasteiger partial charge on any atom is 0.321 e. The van der Waals surface area contributed by atoms with Crippen molar-refractivity contribution < 1.29 is 9.90 Å². The molecule has 0 aliphatic rings. The predicted octanol–water partition coefficient (Wildman–Crippen LogP) is 3.54. The van der Waals surface area contributed by atoms with Gasteiger partial charge in [-0.2, -0.15) is 0 Å². The molecule has 0 saturated carbocycles. The van der Waals surface area contributed by atoms with Crippen molar-refractivity contribution in [1.82, 2.24) is 5.32 Å². The lowest BCUT2D eigenvalue weighted by molar-refractivity contribution is -0.139. The molecule has 3 heteroatoms. The van der Waals surface area contributed by atoms with Crippen LogP contribution >= 0.6 is 0 Å². The summed E-state index contributed by atoms with van der Waals surface area (Å²) < 4.78 is 0. The van der Waals surface area contributed by atoms with Crippen molar-refractivity contribution in [2.75, 3.05) is 6.54 Å². The van der Waals surface area contributed by atoms with Gasteiger partial charge in [-0.25, -0.2) is 0 Å². The molecular weight excluding hydrogens is 286 g/mol. The van der Waals surface area contributed by atoms with E-state index < -0.39 is 12.0 Å². The third-order valence-electron chi connectivity index (χ3n) is 4.06. The molecule has 0 heterocycles. The molecule has 2 aromatic carbocycles. The fourth-order valence-electron chi connectivity index (χ4n) is 2.60. The summed E-state index contributed by atoms with van der Waals surface area (Å²) in [6.07, 6.45) is 2.59. The molecule has 0 bridgehead atoms. The van der Waals surface area contributed by atoms with E-state index in [1.165, 1.54) is 5.56 Å². The smallest absolute Gasteiger partial charge is 0.321 e. The molecule has 1 unspecified atom stereocenters. The van der Waals surface area contributed by atoms with Gasteiger partial charge in [-0.15, -0.1) is 0 Å². The van der Waals surface area contributed by atoms with Crippen molar-refractivity contribution in [3.63, 3.8) is 0 Å². The molecule has 0 fully saturated rings.